The van der Waals surface area contributed by atoms with E-state index >= 15 is 0 Å². The van der Waals surface area contributed by atoms with Crippen LogP contribution in [0.1, 0.15) is 24.1 Å². The van der Waals surface area contributed by atoms with E-state index < -0.39 is 0 Å². The highest BCUT2D eigenvalue weighted by molar-refractivity contribution is 9.10. The number of nitrogens with one attached hydrogen (secondary N) is 1. The van der Waals surface area contributed by atoms with E-state index in [4.69, 9.17) is 11.6 Å². The van der Waals surface area contributed by atoms with Crippen molar-refractivity contribution in [3.05, 3.63) is 68.9 Å². The van der Waals surface area contributed by atoms with E-state index in [0.717, 1.165) is 20.6 Å². The molecule has 2 aromatic carbocycles. The molecule has 0 radical (unpaired) electrons. The van der Waals surface area contributed by atoms with Gasteiger partial charge < -0.3 is 5.32 Å². The highest BCUT2D eigenvalue weighted by atomic mass is 79.9. The van der Waals surface area contributed by atoms with Crippen LogP contribution in [-0.4, -0.2) is 0 Å². The van der Waals surface area contributed by atoms with E-state index in [1.807, 2.05) is 24.3 Å². The Hall–Kier alpha value is -0.900. The van der Waals surface area contributed by atoms with Gasteiger partial charge in [-0.3, -0.25) is 0 Å². The van der Waals surface area contributed by atoms with Gasteiger partial charge in [-0.1, -0.05) is 39.7 Å². The van der Waals surface area contributed by atoms with Gasteiger partial charge >= 0.3 is 0 Å². The van der Waals surface area contributed by atoms with Crippen molar-refractivity contribution in [3.63, 3.8) is 0 Å². The second-order valence-electron chi connectivity index (χ2n) is 4.39. The normalized spacial score (nSPS) is 12.4. The molecule has 4 heteroatoms. The summed E-state index contributed by atoms with van der Waals surface area (Å²) in [5, 5.41) is 4.08. The van der Waals surface area contributed by atoms with Gasteiger partial charge in [0.25, 0.3) is 0 Å². The molecule has 2 rings (SSSR count). The molecule has 1 nitrogen and oxygen atoms in total. The predicted octanol–water partition coefficient (Wildman–Crippen LogP) is 5.09. The van der Waals surface area contributed by atoms with Crippen LogP contribution in [0.15, 0.2) is 46.9 Å². The van der Waals surface area contributed by atoms with Crippen molar-refractivity contribution in [3.8, 4) is 0 Å². The summed E-state index contributed by atoms with van der Waals surface area (Å²) < 4.78 is 14.1. The summed E-state index contributed by atoms with van der Waals surface area (Å²) in [6, 6.07) is 12.6. The van der Waals surface area contributed by atoms with E-state index in [-0.39, 0.29) is 11.9 Å². The standard InChI is InChI=1S/C15H14BrClFN/c1-10(11-3-2-4-13(17)7-11)19-9-12-8-14(18)5-6-15(12)16/h2-8,10,19H,9H2,1H3/t10-/m1/s1. The van der Waals surface area contributed by atoms with E-state index in [2.05, 4.69) is 28.2 Å². The van der Waals surface area contributed by atoms with Gasteiger partial charge in [-0.15, -0.1) is 0 Å². The fourth-order valence-corrected chi connectivity index (χ4v) is 2.42. The molecule has 0 fully saturated rings. The van der Waals surface area contributed by atoms with Gasteiger partial charge in [0.2, 0.25) is 0 Å². The molecule has 0 saturated heterocycles. The molecular formula is C15H14BrClFN. The molecule has 0 amide bonds. The van der Waals surface area contributed by atoms with Crippen LogP contribution in [0.4, 0.5) is 4.39 Å². The average Bonchev–Trinajstić information content (AvgIpc) is 2.39. The maximum atomic E-state index is 13.2. The first kappa shape index (κ1) is 14.5. The molecule has 0 heterocycles. The lowest BCUT2D eigenvalue weighted by Gasteiger charge is -2.15. The third kappa shape index (κ3) is 4.03. The van der Waals surface area contributed by atoms with Crippen molar-refractivity contribution in [2.45, 2.75) is 19.5 Å². The Bertz CT molecular complexity index is 574. The zero-order chi connectivity index (χ0) is 13.8. The monoisotopic (exact) mass is 341 g/mol. The molecule has 19 heavy (non-hydrogen) atoms. The lowest BCUT2D eigenvalue weighted by atomic mass is 10.1. The Labute approximate surface area is 125 Å². The predicted molar refractivity (Wildman–Crippen MR) is 80.8 cm³/mol. The van der Waals surface area contributed by atoms with Crippen molar-refractivity contribution < 1.29 is 4.39 Å². The molecule has 100 valence electrons. The summed E-state index contributed by atoms with van der Waals surface area (Å²) in [5.74, 6) is -0.226. The molecule has 0 aliphatic rings. The van der Waals surface area contributed by atoms with Crippen molar-refractivity contribution in [1.82, 2.24) is 5.32 Å². The third-order valence-electron chi connectivity index (χ3n) is 2.96. The second kappa shape index (κ2) is 6.51. The Kier molecular flexibility index (Phi) is 4.97. The average molecular weight is 343 g/mol. The fraction of sp³-hybridized carbons (Fsp3) is 0.200. The lowest BCUT2D eigenvalue weighted by molar-refractivity contribution is 0.568. The van der Waals surface area contributed by atoms with Crippen LogP contribution >= 0.6 is 27.5 Å². The van der Waals surface area contributed by atoms with Gasteiger partial charge in [-0.2, -0.15) is 0 Å². The molecule has 0 saturated carbocycles. The molecule has 1 N–H and O–H groups in total. The van der Waals surface area contributed by atoms with Gasteiger partial charge in [0.05, 0.1) is 0 Å². The highest BCUT2D eigenvalue weighted by Crippen LogP contribution is 2.21. The van der Waals surface area contributed by atoms with Gasteiger partial charge in [-0.25, -0.2) is 4.39 Å². The van der Waals surface area contributed by atoms with Crippen LogP contribution in [0.25, 0.3) is 0 Å². The highest BCUT2D eigenvalue weighted by Gasteiger charge is 2.07. The van der Waals surface area contributed by atoms with Crippen molar-refractivity contribution in [1.29, 1.82) is 0 Å². The van der Waals surface area contributed by atoms with E-state index in [9.17, 15) is 4.39 Å². The molecule has 2 aromatic rings. The molecule has 0 aromatic heterocycles. The van der Waals surface area contributed by atoms with E-state index in [0.29, 0.717) is 6.54 Å². The number of hydrogen-bond donors (Lipinski definition) is 1. The largest absolute Gasteiger partial charge is 0.306 e. The molecule has 0 unspecified atom stereocenters. The summed E-state index contributed by atoms with van der Waals surface area (Å²) in [6.45, 7) is 2.64. The minimum absolute atomic E-state index is 0.147. The summed E-state index contributed by atoms with van der Waals surface area (Å²) >= 11 is 9.39. The Morgan fingerprint density at radius 2 is 2.05 bits per heavy atom. The van der Waals surface area contributed by atoms with Crippen LogP contribution < -0.4 is 5.32 Å². The van der Waals surface area contributed by atoms with Crippen molar-refractivity contribution >= 4 is 27.5 Å². The summed E-state index contributed by atoms with van der Waals surface area (Å²) in [7, 11) is 0. The lowest BCUT2D eigenvalue weighted by Crippen LogP contribution is -2.18. The Morgan fingerprint density at radius 1 is 1.26 bits per heavy atom. The first-order chi connectivity index (χ1) is 9.06. The number of halogens is 3. The minimum Gasteiger partial charge on any atom is -0.306 e. The zero-order valence-electron chi connectivity index (χ0n) is 10.5. The van der Waals surface area contributed by atoms with E-state index in [1.165, 1.54) is 12.1 Å². The van der Waals surface area contributed by atoms with Crippen LogP contribution in [0, 0.1) is 5.82 Å². The summed E-state index contributed by atoms with van der Waals surface area (Å²) in [6.07, 6.45) is 0. The smallest absolute Gasteiger partial charge is 0.123 e. The van der Waals surface area contributed by atoms with Gasteiger partial charge in [0, 0.05) is 22.1 Å². The van der Waals surface area contributed by atoms with Gasteiger partial charge in [0.1, 0.15) is 5.82 Å². The van der Waals surface area contributed by atoms with Crippen LogP contribution in [0.2, 0.25) is 5.02 Å². The number of hydrogen-bond acceptors (Lipinski definition) is 1. The third-order valence-corrected chi connectivity index (χ3v) is 3.96. The maximum absolute atomic E-state index is 13.2. The molecule has 0 bridgehead atoms. The quantitative estimate of drug-likeness (QED) is 0.816. The second-order valence-corrected chi connectivity index (χ2v) is 5.68. The summed E-state index contributed by atoms with van der Waals surface area (Å²) in [5.41, 5.74) is 2.01. The number of benzene rings is 2. The molecule has 0 aliphatic carbocycles. The van der Waals surface area contributed by atoms with Crippen LogP contribution in [0.5, 0.6) is 0 Å². The molecular weight excluding hydrogens is 329 g/mol. The van der Waals surface area contributed by atoms with Gasteiger partial charge in [0.15, 0.2) is 0 Å². The first-order valence-corrected chi connectivity index (χ1v) is 7.16. The maximum Gasteiger partial charge on any atom is 0.123 e. The van der Waals surface area contributed by atoms with Crippen molar-refractivity contribution in [2.75, 3.05) is 0 Å². The number of rotatable bonds is 4. The fourth-order valence-electron chi connectivity index (χ4n) is 1.84. The van der Waals surface area contributed by atoms with Crippen LogP contribution in [-0.2, 0) is 6.54 Å². The molecule has 0 spiro atoms. The van der Waals surface area contributed by atoms with Gasteiger partial charge in [-0.05, 0) is 48.4 Å². The Morgan fingerprint density at radius 3 is 2.79 bits per heavy atom. The topological polar surface area (TPSA) is 12.0 Å². The SMILES string of the molecule is C[C@@H](NCc1cc(F)ccc1Br)c1cccc(Cl)c1. The van der Waals surface area contributed by atoms with E-state index in [1.54, 1.807) is 6.07 Å². The summed E-state index contributed by atoms with van der Waals surface area (Å²) in [4.78, 5) is 0. The first-order valence-electron chi connectivity index (χ1n) is 5.99. The molecule has 1 atom stereocenters. The minimum atomic E-state index is -0.226. The van der Waals surface area contributed by atoms with Crippen LogP contribution in [0.3, 0.4) is 0 Å². The Balaban J connectivity index is 2.04. The van der Waals surface area contributed by atoms with Crippen molar-refractivity contribution in [2.24, 2.45) is 0 Å². The zero-order valence-corrected chi connectivity index (χ0v) is 12.8. The molecule has 0 aliphatic heterocycles.